The van der Waals surface area contributed by atoms with Crippen LogP contribution in [0.5, 0.6) is 0 Å². The van der Waals surface area contributed by atoms with Gasteiger partial charge in [-0.25, -0.2) is 14.4 Å². The minimum absolute atomic E-state index is 0.315. The van der Waals surface area contributed by atoms with Crippen LogP contribution in [0.3, 0.4) is 0 Å². The molecule has 2 aromatic rings. The standard InChI is InChI=1S/C12H10BrFN2O/c13-9-5-8(1-2-10(9)14)6-12(17)11-3-4-15-7-16-11/h1-5,7,12,17H,6H2. The van der Waals surface area contributed by atoms with E-state index < -0.39 is 6.10 Å². The summed E-state index contributed by atoms with van der Waals surface area (Å²) in [4.78, 5) is 7.75. The Balaban J connectivity index is 2.13. The zero-order valence-corrected chi connectivity index (χ0v) is 10.4. The third kappa shape index (κ3) is 3.08. The molecule has 1 unspecified atom stereocenters. The van der Waals surface area contributed by atoms with Gasteiger partial charge in [0.1, 0.15) is 18.2 Å². The summed E-state index contributed by atoms with van der Waals surface area (Å²) in [5.74, 6) is -0.315. The van der Waals surface area contributed by atoms with Gasteiger partial charge in [0.05, 0.1) is 10.2 Å². The van der Waals surface area contributed by atoms with Gasteiger partial charge in [0.25, 0.3) is 0 Å². The first-order valence-electron chi connectivity index (χ1n) is 5.04. The molecule has 2 rings (SSSR count). The predicted octanol–water partition coefficient (Wildman–Crippen LogP) is 2.65. The summed E-state index contributed by atoms with van der Waals surface area (Å²) in [5.41, 5.74) is 1.39. The summed E-state index contributed by atoms with van der Waals surface area (Å²) in [6, 6.07) is 6.32. The lowest BCUT2D eigenvalue weighted by atomic mass is 10.1. The highest BCUT2D eigenvalue weighted by Gasteiger charge is 2.10. The normalized spacial score (nSPS) is 12.4. The van der Waals surface area contributed by atoms with Crippen LogP contribution < -0.4 is 0 Å². The topological polar surface area (TPSA) is 46.0 Å². The Labute approximate surface area is 106 Å². The maximum Gasteiger partial charge on any atom is 0.137 e. The Bertz CT molecular complexity index is 507. The molecule has 3 nitrogen and oxygen atoms in total. The number of rotatable bonds is 3. The average molecular weight is 297 g/mol. The molecule has 1 aromatic heterocycles. The largest absolute Gasteiger partial charge is 0.386 e. The average Bonchev–Trinajstić information content (AvgIpc) is 2.35. The number of benzene rings is 1. The van der Waals surface area contributed by atoms with Crippen LogP contribution in [0.25, 0.3) is 0 Å². The van der Waals surface area contributed by atoms with Gasteiger partial charge in [0.2, 0.25) is 0 Å². The minimum atomic E-state index is -0.713. The summed E-state index contributed by atoms with van der Waals surface area (Å²) in [7, 11) is 0. The van der Waals surface area contributed by atoms with E-state index in [2.05, 4.69) is 25.9 Å². The van der Waals surface area contributed by atoms with E-state index in [0.717, 1.165) is 5.56 Å². The Hall–Kier alpha value is -1.33. The van der Waals surface area contributed by atoms with Gasteiger partial charge in [0.15, 0.2) is 0 Å². The first-order chi connectivity index (χ1) is 8.16. The lowest BCUT2D eigenvalue weighted by Crippen LogP contribution is -2.04. The fraction of sp³-hybridized carbons (Fsp3) is 0.167. The van der Waals surface area contributed by atoms with E-state index in [1.165, 1.54) is 12.4 Å². The zero-order chi connectivity index (χ0) is 12.3. The van der Waals surface area contributed by atoms with Crippen molar-refractivity contribution >= 4 is 15.9 Å². The first-order valence-corrected chi connectivity index (χ1v) is 5.84. The third-order valence-corrected chi connectivity index (χ3v) is 2.97. The molecular weight excluding hydrogens is 287 g/mol. The molecule has 5 heteroatoms. The molecule has 0 aliphatic heterocycles. The summed E-state index contributed by atoms with van der Waals surface area (Å²) in [6.07, 6.45) is 2.64. The molecule has 0 fully saturated rings. The molecule has 0 saturated heterocycles. The second kappa shape index (κ2) is 5.33. The molecule has 1 N–H and O–H groups in total. The van der Waals surface area contributed by atoms with Gasteiger partial charge in [0, 0.05) is 12.6 Å². The molecule has 0 spiro atoms. The van der Waals surface area contributed by atoms with Crippen molar-refractivity contribution in [3.63, 3.8) is 0 Å². The van der Waals surface area contributed by atoms with Crippen molar-refractivity contribution in [2.75, 3.05) is 0 Å². The molecule has 1 heterocycles. The molecule has 0 aliphatic carbocycles. The third-order valence-electron chi connectivity index (χ3n) is 2.36. The van der Waals surface area contributed by atoms with Crippen LogP contribution in [0.4, 0.5) is 4.39 Å². The molecule has 0 saturated carbocycles. The molecule has 88 valence electrons. The van der Waals surface area contributed by atoms with Gasteiger partial charge in [-0.05, 0) is 39.7 Å². The van der Waals surface area contributed by atoms with Gasteiger partial charge < -0.3 is 5.11 Å². The molecule has 0 bridgehead atoms. The number of hydrogen-bond donors (Lipinski definition) is 1. The number of nitrogens with zero attached hydrogens (tertiary/aromatic N) is 2. The molecule has 17 heavy (non-hydrogen) atoms. The van der Waals surface area contributed by atoms with Crippen molar-refractivity contribution in [2.45, 2.75) is 12.5 Å². The van der Waals surface area contributed by atoms with E-state index in [9.17, 15) is 9.50 Å². The maximum absolute atomic E-state index is 13.0. The van der Waals surface area contributed by atoms with Crippen molar-refractivity contribution in [1.82, 2.24) is 9.97 Å². The highest BCUT2D eigenvalue weighted by molar-refractivity contribution is 9.10. The summed E-state index contributed by atoms with van der Waals surface area (Å²) in [5, 5.41) is 9.93. The smallest absolute Gasteiger partial charge is 0.137 e. The van der Waals surface area contributed by atoms with E-state index in [1.807, 2.05) is 0 Å². The Morgan fingerprint density at radius 3 is 2.82 bits per heavy atom. The van der Waals surface area contributed by atoms with Crippen LogP contribution in [0.2, 0.25) is 0 Å². The lowest BCUT2D eigenvalue weighted by molar-refractivity contribution is 0.173. The number of aliphatic hydroxyl groups excluding tert-OH is 1. The zero-order valence-electron chi connectivity index (χ0n) is 8.85. The monoisotopic (exact) mass is 296 g/mol. The van der Waals surface area contributed by atoms with Crippen LogP contribution in [0.1, 0.15) is 17.4 Å². The van der Waals surface area contributed by atoms with Crippen LogP contribution in [0, 0.1) is 5.82 Å². The summed E-state index contributed by atoms with van der Waals surface area (Å²) in [6.45, 7) is 0. The number of hydrogen-bond acceptors (Lipinski definition) is 3. The first kappa shape index (κ1) is 12.1. The second-order valence-electron chi connectivity index (χ2n) is 3.60. The summed E-state index contributed by atoms with van der Waals surface area (Å²) >= 11 is 3.11. The van der Waals surface area contributed by atoms with Crippen LogP contribution in [0.15, 0.2) is 41.3 Å². The van der Waals surface area contributed by atoms with Crippen LogP contribution in [-0.2, 0) is 6.42 Å². The molecular formula is C12H10BrFN2O. The maximum atomic E-state index is 13.0. The predicted molar refractivity (Wildman–Crippen MR) is 64.8 cm³/mol. The fourth-order valence-corrected chi connectivity index (χ4v) is 1.92. The number of aromatic nitrogens is 2. The van der Waals surface area contributed by atoms with Crippen molar-refractivity contribution in [2.24, 2.45) is 0 Å². The highest BCUT2D eigenvalue weighted by atomic mass is 79.9. The van der Waals surface area contributed by atoms with E-state index in [0.29, 0.717) is 16.6 Å². The van der Waals surface area contributed by atoms with Gasteiger partial charge in [-0.15, -0.1) is 0 Å². The quantitative estimate of drug-likeness (QED) is 0.947. The van der Waals surface area contributed by atoms with Crippen molar-refractivity contribution < 1.29 is 9.50 Å². The van der Waals surface area contributed by atoms with Crippen LogP contribution >= 0.6 is 15.9 Å². The van der Waals surface area contributed by atoms with E-state index in [4.69, 9.17) is 0 Å². The number of halogens is 2. The van der Waals surface area contributed by atoms with Crippen LogP contribution in [-0.4, -0.2) is 15.1 Å². The molecule has 0 radical (unpaired) electrons. The Morgan fingerprint density at radius 2 is 2.18 bits per heavy atom. The Kier molecular flexibility index (Phi) is 3.81. The van der Waals surface area contributed by atoms with Crippen molar-refractivity contribution in [3.05, 3.63) is 58.3 Å². The van der Waals surface area contributed by atoms with Gasteiger partial charge in [-0.2, -0.15) is 0 Å². The Morgan fingerprint density at radius 1 is 1.35 bits per heavy atom. The van der Waals surface area contributed by atoms with Gasteiger partial charge in [-0.3, -0.25) is 0 Å². The van der Waals surface area contributed by atoms with E-state index in [-0.39, 0.29) is 5.82 Å². The van der Waals surface area contributed by atoms with Crippen molar-refractivity contribution in [1.29, 1.82) is 0 Å². The van der Waals surface area contributed by atoms with E-state index >= 15 is 0 Å². The highest BCUT2D eigenvalue weighted by Crippen LogP contribution is 2.21. The number of aliphatic hydroxyl groups is 1. The molecule has 1 aromatic carbocycles. The molecule has 1 atom stereocenters. The molecule has 0 aliphatic rings. The second-order valence-corrected chi connectivity index (χ2v) is 4.46. The SMILES string of the molecule is OC(Cc1ccc(F)c(Br)c1)c1ccncn1. The minimum Gasteiger partial charge on any atom is -0.386 e. The lowest BCUT2D eigenvalue weighted by Gasteiger charge is -2.10. The fourth-order valence-electron chi connectivity index (χ4n) is 1.49. The van der Waals surface area contributed by atoms with Gasteiger partial charge in [-0.1, -0.05) is 6.07 Å². The van der Waals surface area contributed by atoms with E-state index in [1.54, 1.807) is 24.4 Å². The van der Waals surface area contributed by atoms with Gasteiger partial charge >= 0.3 is 0 Å². The van der Waals surface area contributed by atoms with Crippen molar-refractivity contribution in [3.8, 4) is 0 Å². The molecule has 0 amide bonds. The summed E-state index contributed by atoms with van der Waals surface area (Å²) < 4.78 is 13.4.